The molecule has 0 atom stereocenters. The number of halogens is 1. The Hall–Kier alpha value is -1.94. The van der Waals surface area contributed by atoms with Gasteiger partial charge in [-0.1, -0.05) is 13.0 Å². The summed E-state index contributed by atoms with van der Waals surface area (Å²) in [6.45, 7) is 3.62. The summed E-state index contributed by atoms with van der Waals surface area (Å²) in [6.07, 6.45) is 1.63. The van der Waals surface area contributed by atoms with E-state index in [4.69, 9.17) is 4.74 Å². The Labute approximate surface area is 112 Å². The number of hydrogen-bond donors (Lipinski definition) is 1. The molecule has 2 aromatic rings. The first-order chi connectivity index (χ1) is 9.26. The highest BCUT2D eigenvalue weighted by Crippen LogP contribution is 2.29. The van der Waals surface area contributed by atoms with Crippen LogP contribution in [0.2, 0.25) is 0 Å². The lowest BCUT2D eigenvalue weighted by Gasteiger charge is -2.10. The van der Waals surface area contributed by atoms with Gasteiger partial charge >= 0.3 is 0 Å². The quantitative estimate of drug-likeness (QED) is 0.897. The molecule has 0 aliphatic rings. The summed E-state index contributed by atoms with van der Waals surface area (Å²) in [6, 6.07) is 8.59. The van der Waals surface area contributed by atoms with Gasteiger partial charge in [0.1, 0.15) is 17.3 Å². The molecule has 19 heavy (non-hydrogen) atoms. The fourth-order valence-electron chi connectivity index (χ4n) is 1.89. The van der Waals surface area contributed by atoms with Crippen molar-refractivity contribution in [2.45, 2.75) is 13.5 Å². The largest absolute Gasteiger partial charge is 0.494 e. The Kier molecular flexibility index (Phi) is 4.47. The van der Waals surface area contributed by atoms with Crippen LogP contribution in [0.4, 0.5) is 4.39 Å². The molecule has 1 aromatic heterocycles. The third-order valence-corrected chi connectivity index (χ3v) is 2.86. The van der Waals surface area contributed by atoms with Crippen molar-refractivity contribution in [3.63, 3.8) is 0 Å². The van der Waals surface area contributed by atoms with Crippen LogP contribution < -0.4 is 10.1 Å². The first-order valence-electron chi connectivity index (χ1n) is 6.24. The van der Waals surface area contributed by atoms with Crippen molar-refractivity contribution < 1.29 is 9.13 Å². The molecule has 1 aromatic carbocycles. The van der Waals surface area contributed by atoms with E-state index >= 15 is 0 Å². The molecule has 0 fully saturated rings. The van der Waals surface area contributed by atoms with Gasteiger partial charge in [0, 0.05) is 18.3 Å². The SMILES string of the molecule is CCNCc1ccc(F)c(-c2ncccc2OC)c1. The zero-order valence-corrected chi connectivity index (χ0v) is 11.1. The fourth-order valence-corrected chi connectivity index (χ4v) is 1.89. The Morgan fingerprint density at radius 1 is 1.32 bits per heavy atom. The number of aromatic nitrogens is 1. The second kappa shape index (κ2) is 6.29. The number of pyridine rings is 1. The lowest BCUT2D eigenvalue weighted by Crippen LogP contribution is -2.11. The van der Waals surface area contributed by atoms with Gasteiger partial charge in [0.25, 0.3) is 0 Å². The van der Waals surface area contributed by atoms with Gasteiger partial charge in [-0.25, -0.2) is 4.39 Å². The van der Waals surface area contributed by atoms with E-state index < -0.39 is 0 Å². The third-order valence-electron chi connectivity index (χ3n) is 2.86. The van der Waals surface area contributed by atoms with E-state index in [1.807, 2.05) is 13.0 Å². The normalized spacial score (nSPS) is 10.5. The van der Waals surface area contributed by atoms with Crippen molar-refractivity contribution in [3.05, 3.63) is 47.9 Å². The minimum atomic E-state index is -0.294. The molecule has 0 spiro atoms. The van der Waals surface area contributed by atoms with Gasteiger partial charge in [-0.15, -0.1) is 0 Å². The van der Waals surface area contributed by atoms with Gasteiger partial charge in [0.15, 0.2) is 0 Å². The minimum Gasteiger partial charge on any atom is -0.494 e. The number of nitrogens with one attached hydrogen (secondary N) is 1. The van der Waals surface area contributed by atoms with Gasteiger partial charge in [0.05, 0.1) is 7.11 Å². The molecule has 4 heteroatoms. The maximum atomic E-state index is 14.0. The highest BCUT2D eigenvalue weighted by Gasteiger charge is 2.12. The smallest absolute Gasteiger partial charge is 0.145 e. The number of rotatable bonds is 5. The summed E-state index contributed by atoms with van der Waals surface area (Å²) < 4.78 is 19.2. The van der Waals surface area contributed by atoms with Gasteiger partial charge < -0.3 is 10.1 Å². The average molecular weight is 260 g/mol. The summed E-state index contributed by atoms with van der Waals surface area (Å²) in [5, 5.41) is 3.22. The van der Waals surface area contributed by atoms with E-state index in [0.29, 0.717) is 23.6 Å². The van der Waals surface area contributed by atoms with Crippen LogP contribution in [0.3, 0.4) is 0 Å². The molecule has 100 valence electrons. The molecule has 1 N–H and O–H groups in total. The molecule has 0 saturated heterocycles. The van der Waals surface area contributed by atoms with Crippen LogP contribution in [0.25, 0.3) is 11.3 Å². The van der Waals surface area contributed by atoms with Crippen LogP contribution in [0.15, 0.2) is 36.5 Å². The number of methoxy groups -OCH3 is 1. The summed E-state index contributed by atoms with van der Waals surface area (Å²) in [5.74, 6) is 0.277. The molecule has 0 amide bonds. The van der Waals surface area contributed by atoms with E-state index in [0.717, 1.165) is 12.1 Å². The van der Waals surface area contributed by atoms with Gasteiger partial charge in [-0.2, -0.15) is 0 Å². The molecule has 0 unspecified atom stereocenters. The number of benzene rings is 1. The highest BCUT2D eigenvalue weighted by atomic mass is 19.1. The van der Waals surface area contributed by atoms with E-state index in [2.05, 4.69) is 10.3 Å². The Morgan fingerprint density at radius 2 is 2.16 bits per heavy atom. The summed E-state index contributed by atoms with van der Waals surface area (Å²) in [4.78, 5) is 4.22. The topological polar surface area (TPSA) is 34.2 Å². The van der Waals surface area contributed by atoms with Crippen LogP contribution >= 0.6 is 0 Å². The molecular formula is C15H17FN2O. The van der Waals surface area contributed by atoms with Crippen LogP contribution in [-0.2, 0) is 6.54 Å². The third kappa shape index (κ3) is 3.09. The zero-order valence-electron chi connectivity index (χ0n) is 11.1. The second-order valence-corrected chi connectivity index (χ2v) is 4.15. The Bertz CT molecular complexity index is 558. The Morgan fingerprint density at radius 3 is 2.89 bits per heavy atom. The fraction of sp³-hybridized carbons (Fsp3) is 0.267. The van der Waals surface area contributed by atoms with E-state index in [-0.39, 0.29) is 5.82 Å². The molecule has 0 aliphatic carbocycles. The summed E-state index contributed by atoms with van der Waals surface area (Å²) >= 11 is 0. The molecule has 0 aliphatic heterocycles. The van der Waals surface area contributed by atoms with Crippen LogP contribution in [0, 0.1) is 5.82 Å². The van der Waals surface area contributed by atoms with Crippen molar-refractivity contribution in [2.24, 2.45) is 0 Å². The first-order valence-corrected chi connectivity index (χ1v) is 6.24. The molecule has 1 heterocycles. The van der Waals surface area contributed by atoms with Crippen molar-refractivity contribution in [2.75, 3.05) is 13.7 Å². The molecule has 0 saturated carbocycles. The van der Waals surface area contributed by atoms with Crippen molar-refractivity contribution >= 4 is 0 Å². The molecule has 0 radical (unpaired) electrons. The van der Waals surface area contributed by atoms with Crippen LogP contribution in [0.1, 0.15) is 12.5 Å². The number of ether oxygens (including phenoxy) is 1. The lowest BCUT2D eigenvalue weighted by atomic mass is 10.1. The van der Waals surface area contributed by atoms with E-state index in [9.17, 15) is 4.39 Å². The van der Waals surface area contributed by atoms with Crippen molar-refractivity contribution in [1.82, 2.24) is 10.3 Å². The standard InChI is InChI=1S/C15H17FN2O/c1-3-17-10-11-6-7-13(16)12(9-11)15-14(19-2)5-4-8-18-15/h4-9,17H,3,10H2,1-2H3. The lowest BCUT2D eigenvalue weighted by molar-refractivity contribution is 0.414. The number of hydrogen-bond acceptors (Lipinski definition) is 3. The maximum Gasteiger partial charge on any atom is 0.145 e. The average Bonchev–Trinajstić information content (AvgIpc) is 2.46. The van der Waals surface area contributed by atoms with Crippen molar-refractivity contribution in [1.29, 1.82) is 0 Å². The predicted molar refractivity (Wildman–Crippen MR) is 73.6 cm³/mol. The number of nitrogens with zero attached hydrogens (tertiary/aromatic N) is 1. The molecular weight excluding hydrogens is 243 g/mol. The summed E-state index contributed by atoms with van der Waals surface area (Å²) in [5.41, 5.74) is 2.01. The highest BCUT2D eigenvalue weighted by molar-refractivity contribution is 5.67. The monoisotopic (exact) mass is 260 g/mol. The van der Waals surface area contributed by atoms with Gasteiger partial charge in [0.2, 0.25) is 0 Å². The van der Waals surface area contributed by atoms with Crippen LogP contribution in [0.5, 0.6) is 5.75 Å². The molecule has 0 bridgehead atoms. The van der Waals surface area contributed by atoms with Gasteiger partial charge in [-0.3, -0.25) is 4.98 Å². The Balaban J connectivity index is 2.42. The van der Waals surface area contributed by atoms with E-state index in [1.54, 1.807) is 31.5 Å². The second-order valence-electron chi connectivity index (χ2n) is 4.15. The predicted octanol–water partition coefficient (Wildman–Crippen LogP) is 3.01. The van der Waals surface area contributed by atoms with Crippen molar-refractivity contribution in [3.8, 4) is 17.0 Å². The van der Waals surface area contributed by atoms with Gasteiger partial charge in [-0.05, 0) is 36.4 Å². The minimum absolute atomic E-state index is 0.294. The van der Waals surface area contributed by atoms with E-state index in [1.165, 1.54) is 6.07 Å². The maximum absolute atomic E-state index is 14.0. The molecule has 2 rings (SSSR count). The molecule has 3 nitrogen and oxygen atoms in total. The first kappa shape index (κ1) is 13.5. The summed E-state index contributed by atoms with van der Waals surface area (Å²) in [7, 11) is 1.56. The van der Waals surface area contributed by atoms with Crippen LogP contribution in [-0.4, -0.2) is 18.6 Å². The zero-order chi connectivity index (χ0) is 13.7.